The maximum atomic E-state index is 3.65. The Morgan fingerprint density at radius 1 is 1.16 bits per heavy atom. The molecule has 1 N–H and O–H groups in total. The quantitative estimate of drug-likeness (QED) is 0.820. The number of benzene rings is 1. The number of hydrogen-bond donors (Lipinski definition) is 1. The molecule has 0 bridgehead atoms. The highest BCUT2D eigenvalue weighted by Gasteiger charge is 2.22. The van der Waals surface area contributed by atoms with E-state index < -0.39 is 0 Å². The van der Waals surface area contributed by atoms with Gasteiger partial charge in [-0.3, -0.25) is 0 Å². The van der Waals surface area contributed by atoms with E-state index in [0.29, 0.717) is 0 Å². The number of rotatable bonds is 3. The van der Waals surface area contributed by atoms with Gasteiger partial charge in [-0.15, -0.1) is 0 Å². The van der Waals surface area contributed by atoms with Crippen molar-refractivity contribution in [1.29, 1.82) is 0 Å². The number of fused-ring (bicyclic) bond motifs is 1. The fourth-order valence-corrected chi connectivity index (χ4v) is 4.02. The van der Waals surface area contributed by atoms with Crippen LogP contribution in [0.3, 0.4) is 0 Å². The van der Waals surface area contributed by atoms with Gasteiger partial charge in [0.2, 0.25) is 0 Å². The monoisotopic (exact) mass is 257 g/mol. The third-order valence-corrected chi connectivity index (χ3v) is 5.14. The van der Waals surface area contributed by atoms with Crippen molar-refractivity contribution in [3.05, 3.63) is 29.3 Å². The summed E-state index contributed by atoms with van der Waals surface area (Å²) < 4.78 is 0. The minimum absolute atomic E-state index is 0.925. The molecule has 2 unspecified atom stereocenters. The number of anilines is 1. The zero-order valence-corrected chi connectivity index (χ0v) is 12.3. The van der Waals surface area contributed by atoms with Crippen LogP contribution in [-0.2, 0) is 12.8 Å². The van der Waals surface area contributed by atoms with Gasteiger partial charge in [-0.1, -0.05) is 50.8 Å². The van der Waals surface area contributed by atoms with Crippen LogP contribution >= 0.6 is 0 Å². The average Bonchev–Trinajstić information content (AvgIpc) is 2.48. The summed E-state index contributed by atoms with van der Waals surface area (Å²) in [4.78, 5) is 0. The lowest BCUT2D eigenvalue weighted by Crippen LogP contribution is -2.19. The van der Waals surface area contributed by atoms with E-state index in [9.17, 15) is 0 Å². The summed E-state index contributed by atoms with van der Waals surface area (Å²) in [6.07, 6.45) is 11.1. The zero-order chi connectivity index (χ0) is 13.1. The Balaban J connectivity index is 1.72. The number of hydrogen-bond acceptors (Lipinski definition) is 1. The predicted octanol–water partition coefficient (Wildman–Crippen LogP) is 4.80. The van der Waals surface area contributed by atoms with Crippen molar-refractivity contribution >= 4 is 5.69 Å². The lowest BCUT2D eigenvalue weighted by molar-refractivity contribution is 0.260. The molecule has 1 fully saturated rings. The molecule has 1 aromatic rings. The molecule has 104 valence electrons. The van der Waals surface area contributed by atoms with Crippen molar-refractivity contribution in [1.82, 2.24) is 0 Å². The fourth-order valence-electron chi connectivity index (χ4n) is 4.02. The Kier molecular flexibility index (Phi) is 4.10. The summed E-state index contributed by atoms with van der Waals surface area (Å²) in [6.45, 7) is 3.52. The van der Waals surface area contributed by atoms with E-state index in [2.05, 4.69) is 30.4 Å². The average molecular weight is 257 g/mol. The molecule has 1 saturated carbocycles. The van der Waals surface area contributed by atoms with E-state index in [1.807, 2.05) is 0 Å². The summed E-state index contributed by atoms with van der Waals surface area (Å²) in [6, 6.07) is 6.93. The Hall–Kier alpha value is -0.980. The Bertz CT molecular complexity index is 424. The third-order valence-electron chi connectivity index (χ3n) is 5.14. The van der Waals surface area contributed by atoms with Crippen molar-refractivity contribution in [2.45, 2.75) is 58.3 Å². The van der Waals surface area contributed by atoms with E-state index >= 15 is 0 Å². The SMILES string of the molecule is CCC1CCCC(Cc2cccc3c2NCCC3)C1. The summed E-state index contributed by atoms with van der Waals surface area (Å²) in [5, 5.41) is 3.65. The molecule has 1 heterocycles. The fraction of sp³-hybridized carbons (Fsp3) is 0.667. The van der Waals surface area contributed by atoms with Crippen LogP contribution in [0.4, 0.5) is 5.69 Å². The molecule has 1 heteroatoms. The van der Waals surface area contributed by atoms with Crippen LogP contribution in [0.25, 0.3) is 0 Å². The van der Waals surface area contributed by atoms with Crippen LogP contribution in [0.1, 0.15) is 56.6 Å². The number of nitrogens with one attached hydrogen (secondary N) is 1. The first-order valence-electron chi connectivity index (χ1n) is 8.21. The van der Waals surface area contributed by atoms with Gasteiger partial charge >= 0.3 is 0 Å². The van der Waals surface area contributed by atoms with Crippen LogP contribution in [0.2, 0.25) is 0 Å². The predicted molar refractivity (Wildman–Crippen MR) is 82.7 cm³/mol. The van der Waals surface area contributed by atoms with Gasteiger partial charge in [0.25, 0.3) is 0 Å². The van der Waals surface area contributed by atoms with Gasteiger partial charge in [0, 0.05) is 12.2 Å². The summed E-state index contributed by atoms with van der Waals surface area (Å²) in [5.74, 6) is 1.92. The van der Waals surface area contributed by atoms with Crippen molar-refractivity contribution in [3.63, 3.8) is 0 Å². The molecule has 0 saturated heterocycles. The highest BCUT2D eigenvalue weighted by molar-refractivity contribution is 5.59. The van der Waals surface area contributed by atoms with Crippen LogP contribution in [0, 0.1) is 11.8 Å². The van der Waals surface area contributed by atoms with Gasteiger partial charge in [-0.2, -0.15) is 0 Å². The van der Waals surface area contributed by atoms with Crippen molar-refractivity contribution in [2.75, 3.05) is 11.9 Å². The lowest BCUT2D eigenvalue weighted by atomic mass is 9.77. The van der Waals surface area contributed by atoms with Gasteiger partial charge < -0.3 is 5.32 Å². The van der Waals surface area contributed by atoms with Crippen molar-refractivity contribution in [3.8, 4) is 0 Å². The smallest absolute Gasteiger partial charge is 0.0405 e. The Morgan fingerprint density at radius 3 is 2.95 bits per heavy atom. The second-order valence-corrected chi connectivity index (χ2v) is 6.49. The second kappa shape index (κ2) is 5.98. The molecule has 0 aromatic heterocycles. The van der Waals surface area contributed by atoms with Gasteiger partial charge in [0.05, 0.1) is 0 Å². The van der Waals surface area contributed by atoms with Crippen LogP contribution in [-0.4, -0.2) is 6.54 Å². The Labute approximate surface area is 117 Å². The summed E-state index contributed by atoms with van der Waals surface area (Å²) in [7, 11) is 0. The molecule has 0 spiro atoms. The van der Waals surface area contributed by atoms with Gasteiger partial charge in [-0.05, 0) is 48.6 Å². The van der Waals surface area contributed by atoms with E-state index in [4.69, 9.17) is 0 Å². The van der Waals surface area contributed by atoms with Gasteiger partial charge in [-0.25, -0.2) is 0 Å². The highest BCUT2D eigenvalue weighted by atomic mass is 14.9. The molecule has 1 aliphatic carbocycles. The molecule has 1 aromatic carbocycles. The van der Waals surface area contributed by atoms with Crippen LogP contribution < -0.4 is 5.32 Å². The molecule has 0 amide bonds. The van der Waals surface area contributed by atoms with Crippen LogP contribution in [0.5, 0.6) is 0 Å². The molecule has 0 radical (unpaired) electrons. The molecule has 1 aliphatic heterocycles. The maximum Gasteiger partial charge on any atom is 0.0405 e. The van der Waals surface area contributed by atoms with Crippen LogP contribution in [0.15, 0.2) is 18.2 Å². The first-order valence-corrected chi connectivity index (χ1v) is 8.21. The normalized spacial score (nSPS) is 26.6. The standard InChI is InChI=1S/C18H27N/c1-2-14-6-3-7-15(12-14)13-17-9-4-8-16-10-5-11-19-18(16)17/h4,8-9,14-15,19H,2-3,5-7,10-13H2,1H3. The first kappa shape index (κ1) is 13.0. The molecule has 19 heavy (non-hydrogen) atoms. The van der Waals surface area contributed by atoms with Crippen molar-refractivity contribution < 1.29 is 0 Å². The van der Waals surface area contributed by atoms with Gasteiger partial charge in [0.15, 0.2) is 0 Å². The zero-order valence-electron chi connectivity index (χ0n) is 12.3. The van der Waals surface area contributed by atoms with Crippen molar-refractivity contribution in [2.24, 2.45) is 11.8 Å². The van der Waals surface area contributed by atoms with Gasteiger partial charge in [0.1, 0.15) is 0 Å². The van der Waals surface area contributed by atoms with E-state index in [-0.39, 0.29) is 0 Å². The van der Waals surface area contributed by atoms with E-state index in [1.165, 1.54) is 57.1 Å². The minimum atomic E-state index is 0.925. The molecule has 2 aliphatic rings. The summed E-state index contributed by atoms with van der Waals surface area (Å²) >= 11 is 0. The molecule has 2 atom stereocenters. The molecular weight excluding hydrogens is 230 g/mol. The molecular formula is C18H27N. The highest BCUT2D eigenvalue weighted by Crippen LogP contribution is 2.35. The summed E-state index contributed by atoms with van der Waals surface area (Å²) in [5.41, 5.74) is 4.61. The third kappa shape index (κ3) is 2.96. The molecule has 1 nitrogen and oxygen atoms in total. The largest absolute Gasteiger partial charge is 0.385 e. The van der Waals surface area contributed by atoms with E-state index in [0.717, 1.165) is 18.4 Å². The maximum absolute atomic E-state index is 3.65. The first-order chi connectivity index (χ1) is 9.36. The minimum Gasteiger partial charge on any atom is -0.385 e. The molecule has 3 rings (SSSR count). The second-order valence-electron chi connectivity index (χ2n) is 6.49. The Morgan fingerprint density at radius 2 is 2.05 bits per heavy atom. The topological polar surface area (TPSA) is 12.0 Å². The number of para-hydroxylation sites is 1. The lowest BCUT2D eigenvalue weighted by Gasteiger charge is -2.30. The van der Waals surface area contributed by atoms with E-state index in [1.54, 1.807) is 11.1 Å². The number of aryl methyl sites for hydroxylation is 1.